The summed E-state index contributed by atoms with van der Waals surface area (Å²) in [6.45, 7) is 5.70. The predicted octanol–water partition coefficient (Wildman–Crippen LogP) is 1.81. The van der Waals surface area contributed by atoms with Gasteiger partial charge in [-0.15, -0.1) is 0 Å². The van der Waals surface area contributed by atoms with Crippen molar-refractivity contribution in [2.75, 3.05) is 52.2 Å². The van der Waals surface area contributed by atoms with Crippen molar-refractivity contribution in [3.05, 3.63) is 0 Å². The monoisotopic (exact) mass is 292 g/mol. The second-order valence-corrected chi connectivity index (χ2v) is 5.55. The van der Waals surface area contributed by atoms with Crippen LogP contribution in [0.5, 0.6) is 0 Å². The average molecular weight is 293 g/mol. The number of nitrogens with zero attached hydrogens (tertiary/aromatic N) is 2. The van der Waals surface area contributed by atoms with E-state index in [1.807, 2.05) is 0 Å². The van der Waals surface area contributed by atoms with Crippen LogP contribution in [-0.4, -0.2) is 68.1 Å². The maximum absolute atomic E-state index is 5.74. The number of alkyl halides is 1. The van der Waals surface area contributed by atoms with E-state index in [9.17, 15) is 0 Å². The van der Waals surface area contributed by atoms with Gasteiger partial charge in [-0.2, -0.15) is 0 Å². The lowest BCUT2D eigenvalue weighted by atomic mass is 10.1. The van der Waals surface area contributed by atoms with E-state index in [0.717, 1.165) is 11.9 Å². The van der Waals surface area contributed by atoms with Gasteiger partial charge >= 0.3 is 0 Å². The van der Waals surface area contributed by atoms with Gasteiger partial charge in [0.25, 0.3) is 0 Å². The van der Waals surface area contributed by atoms with Crippen LogP contribution in [0.25, 0.3) is 0 Å². The van der Waals surface area contributed by atoms with Crippen molar-refractivity contribution in [2.24, 2.45) is 0 Å². The maximum Gasteiger partial charge on any atom is 0.0599 e. The van der Waals surface area contributed by atoms with Crippen molar-refractivity contribution in [2.45, 2.75) is 25.4 Å². The molecule has 1 heterocycles. The van der Waals surface area contributed by atoms with Crippen molar-refractivity contribution in [1.82, 2.24) is 9.80 Å². The Bertz CT molecular complexity index is 170. The molecule has 0 unspecified atom stereocenters. The highest BCUT2D eigenvalue weighted by molar-refractivity contribution is 9.09. The van der Waals surface area contributed by atoms with Crippen LogP contribution in [0.2, 0.25) is 0 Å². The first-order chi connectivity index (χ1) is 7.72. The average Bonchev–Trinajstić information content (AvgIpc) is 2.27. The molecule has 0 bridgehead atoms. The smallest absolute Gasteiger partial charge is 0.0599 e. The van der Waals surface area contributed by atoms with Crippen LogP contribution in [0, 0.1) is 0 Å². The molecule has 0 atom stereocenters. The number of likely N-dealkylation sites (tertiary alicyclic amines) is 1. The Balaban J connectivity index is 2.03. The summed E-state index contributed by atoms with van der Waals surface area (Å²) < 4.78 is 5.74. The van der Waals surface area contributed by atoms with E-state index in [1.165, 1.54) is 45.4 Å². The minimum absolute atomic E-state index is 0.502. The molecule has 0 aromatic heterocycles. The normalized spacial score (nSPS) is 19.5. The Hall–Kier alpha value is 0.360. The highest BCUT2D eigenvalue weighted by atomic mass is 79.9. The number of rotatable bonds is 7. The van der Waals surface area contributed by atoms with Crippen molar-refractivity contribution < 1.29 is 4.74 Å². The molecule has 16 heavy (non-hydrogen) atoms. The fourth-order valence-corrected chi connectivity index (χ4v) is 2.31. The summed E-state index contributed by atoms with van der Waals surface area (Å²) in [5.41, 5.74) is 0. The van der Waals surface area contributed by atoms with E-state index >= 15 is 0 Å². The second-order valence-electron chi connectivity index (χ2n) is 4.76. The Morgan fingerprint density at radius 2 is 2.00 bits per heavy atom. The summed E-state index contributed by atoms with van der Waals surface area (Å²) >= 11 is 3.40. The van der Waals surface area contributed by atoms with Crippen LogP contribution in [0.1, 0.15) is 19.3 Å². The zero-order chi connectivity index (χ0) is 11.8. The summed E-state index contributed by atoms with van der Waals surface area (Å²) in [5, 5.41) is 0.954. The molecule has 0 spiro atoms. The fraction of sp³-hybridized carbons (Fsp3) is 1.00. The third-order valence-corrected chi connectivity index (χ3v) is 3.37. The van der Waals surface area contributed by atoms with Crippen LogP contribution >= 0.6 is 15.9 Å². The van der Waals surface area contributed by atoms with E-state index in [2.05, 4.69) is 39.8 Å². The zero-order valence-electron chi connectivity index (χ0n) is 10.6. The molecule has 0 saturated carbocycles. The topological polar surface area (TPSA) is 15.7 Å². The Morgan fingerprint density at radius 1 is 1.31 bits per heavy atom. The van der Waals surface area contributed by atoms with Gasteiger partial charge in [0.05, 0.1) is 12.7 Å². The molecule has 1 fully saturated rings. The second kappa shape index (κ2) is 8.45. The van der Waals surface area contributed by atoms with Gasteiger partial charge in [0.15, 0.2) is 0 Å². The summed E-state index contributed by atoms with van der Waals surface area (Å²) in [6.07, 6.45) is 4.19. The molecule has 4 heteroatoms. The van der Waals surface area contributed by atoms with Crippen molar-refractivity contribution >= 4 is 15.9 Å². The molecule has 0 N–H and O–H groups in total. The molecule has 0 amide bonds. The van der Waals surface area contributed by atoms with E-state index in [0.29, 0.717) is 6.10 Å². The highest BCUT2D eigenvalue weighted by Crippen LogP contribution is 2.13. The summed E-state index contributed by atoms with van der Waals surface area (Å²) in [6, 6.07) is 0. The quantitative estimate of drug-likeness (QED) is 0.666. The SMILES string of the molecule is CN(C)CCCN1CCC(OCCBr)CC1. The minimum atomic E-state index is 0.502. The number of halogens is 1. The molecule has 96 valence electrons. The number of hydrogen-bond acceptors (Lipinski definition) is 3. The molecule has 0 aromatic rings. The molecule has 0 aromatic carbocycles. The molecule has 1 rings (SSSR count). The lowest BCUT2D eigenvalue weighted by Crippen LogP contribution is -2.38. The molecular weight excluding hydrogens is 268 g/mol. The van der Waals surface area contributed by atoms with Gasteiger partial charge in [-0.3, -0.25) is 0 Å². The van der Waals surface area contributed by atoms with Crippen LogP contribution < -0.4 is 0 Å². The fourth-order valence-electron chi connectivity index (χ4n) is 2.12. The third-order valence-electron chi connectivity index (χ3n) is 3.04. The van der Waals surface area contributed by atoms with Gasteiger partial charge in [-0.05, 0) is 46.4 Å². The van der Waals surface area contributed by atoms with Gasteiger partial charge < -0.3 is 14.5 Å². The summed E-state index contributed by atoms with van der Waals surface area (Å²) in [5.74, 6) is 0. The maximum atomic E-state index is 5.74. The van der Waals surface area contributed by atoms with Gasteiger partial charge in [-0.1, -0.05) is 15.9 Å². The van der Waals surface area contributed by atoms with Gasteiger partial charge in [-0.25, -0.2) is 0 Å². The summed E-state index contributed by atoms with van der Waals surface area (Å²) in [4.78, 5) is 4.82. The molecule has 0 radical (unpaired) electrons. The summed E-state index contributed by atoms with van der Waals surface area (Å²) in [7, 11) is 4.28. The molecular formula is C12H25BrN2O. The van der Waals surface area contributed by atoms with Crippen molar-refractivity contribution in [1.29, 1.82) is 0 Å². The van der Waals surface area contributed by atoms with Crippen LogP contribution in [0.3, 0.4) is 0 Å². The molecule has 1 aliphatic rings. The van der Waals surface area contributed by atoms with E-state index in [1.54, 1.807) is 0 Å². The Morgan fingerprint density at radius 3 is 2.56 bits per heavy atom. The van der Waals surface area contributed by atoms with Gasteiger partial charge in [0, 0.05) is 18.4 Å². The lowest BCUT2D eigenvalue weighted by Gasteiger charge is -2.32. The van der Waals surface area contributed by atoms with E-state index in [-0.39, 0.29) is 0 Å². The number of hydrogen-bond donors (Lipinski definition) is 0. The molecule has 0 aliphatic carbocycles. The van der Waals surface area contributed by atoms with Crippen molar-refractivity contribution in [3.63, 3.8) is 0 Å². The molecule has 1 saturated heterocycles. The van der Waals surface area contributed by atoms with E-state index < -0.39 is 0 Å². The van der Waals surface area contributed by atoms with Crippen LogP contribution in [-0.2, 0) is 4.74 Å². The van der Waals surface area contributed by atoms with Crippen molar-refractivity contribution in [3.8, 4) is 0 Å². The molecule has 3 nitrogen and oxygen atoms in total. The predicted molar refractivity (Wildman–Crippen MR) is 72.4 cm³/mol. The van der Waals surface area contributed by atoms with Crippen LogP contribution in [0.15, 0.2) is 0 Å². The Labute approximate surface area is 108 Å². The number of ether oxygens (including phenoxy) is 1. The molecule has 1 aliphatic heterocycles. The zero-order valence-corrected chi connectivity index (χ0v) is 12.2. The third kappa shape index (κ3) is 6.18. The first-order valence-corrected chi connectivity index (χ1v) is 7.39. The van der Waals surface area contributed by atoms with Crippen LogP contribution in [0.4, 0.5) is 0 Å². The largest absolute Gasteiger partial charge is 0.377 e. The van der Waals surface area contributed by atoms with Gasteiger partial charge in [0.1, 0.15) is 0 Å². The lowest BCUT2D eigenvalue weighted by molar-refractivity contribution is 0.0154. The Kier molecular flexibility index (Phi) is 7.62. The van der Waals surface area contributed by atoms with Gasteiger partial charge in [0.2, 0.25) is 0 Å². The standard InChI is InChI=1S/C12H25BrN2O/c1-14(2)7-3-8-15-9-4-12(5-10-15)16-11-6-13/h12H,3-11H2,1-2H3. The highest BCUT2D eigenvalue weighted by Gasteiger charge is 2.18. The van der Waals surface area contributed by atoms with E-state index in [4.69, 9.17) is 4.74 Å². The minimum Gasteiger partial charge on any atom is -0.377 e. The number of piperidine rings is 1. The first-order valence-electron chi connectivity index (χ1n) is 6.27. The first kappa shape index (κ1) is 14.4.